The summed E-state index contributed by atoms with van der Waals surface area (Å²) in [6, 6.07) is 14.6. The first kappa shape index (κ1) is 16.2. The van der Waals surface area contributed by atoms with Gasteiger partial charge in [-0.25, -0.2) is 0 Å². The highest BCUT2D eigenvalue weighted by Crippen LogP contribution is 2.21. The van der Waals surface area contributed by atoms with E-state index in [1.54, 1.807) is 24.3 Å². The number of likely N-dealkylation sites (N-methyl/N-ethyl adjacent to an activating group) is 1. The summed E-state index contributed by atoms with van der Waals surface area (Å²) >= 11 is 3.41. The molecule has 0 heterocycles. The Hall–Kier alpha value is -2.14. The average Bonchev–Trinajstić information content (AvgIpc) is 2.52. The van der Waals surface area contributed by atoms with Crippen molar-refractivity contribution in [2.24, 2.45) is 0 Å². The van der Waals surface area contributed by atoms with E-state index in [0.29, 0.717) is 17.9 Å². The predicted octanol–water partition coefficient (Wildman–Crippen LogP) is 3.75. The number of anilines is 2. The maximum absolute atomic E-state index is 12.3. The van der Waals surface area contributed by atoms with Gasteiger partial charge in [0.15, 0.2) is 0 Å². The lowest BCUT2D eigenvalue weighted by Gasteiger charge is -2.20. The van der Waals surface area contributed by atoms with Crippen LogP contribution in [0.25, 0.3) is 0 Å². The Morgan fingerprint density at radius 3 is 2.41 bits per heavy atom. The lowest BCUT2D eigenvalue weighted by Crippen LogP contribution is -2.39. The highest BCUT2D eigenvalue weighted by molar-refractivity contribution is 9.10. The molecule has 0 spiro atoms. The van der Waals surface area contributed by atoms with Crippen LogP contribution in [0.15, 0.2) is 53.0 Å². The first-order valence-corrected chi connectivity index (χ1v) is 7.76. The molecule has 0 aromatic heterocycles. The quantitative estimate of drug-likeness (QED) is 0.847. The van der Waals surface area contributed by atoms with Gasteiger partial charge in [-0.2, -0.15) is 0 Å². The highest BCUT2D eigenvalue weighted by Gasteiger charge is 2.22. The number of aryl methyl sites for hydroxylation is 1. The summed E-state index contributed by atoms with van der Waals surface area (Å²) < 4.78 is 0.883. The van der Waals surface area contributed by atoms with E-state index < -0.39 is 11.8 Å². The standard InChI is InChI=1S/C17H17BrN2O2/c1-3-20(14-7-5-4-6-8-14)17(22)16(21)19-13-10-9-12(2)15(18)11-13/h4-11H,3H2,1-2H3,(H,19,21). The molecule has 114 valence electrons. The largest absolute Gasteiger partial charge is 0.318 e. The Labute approximate surface area is 138 Å². The van der Waals surface area contributed by atoms with Crippen LogP contribution in [0.2, 0.25) is 0 Å². The van der Waals surface area contributed by atoms with E-state index in [9.17, 15) is 9.59 Å². The lowest BCUT2D eigenvalue weighted by molar-refractivity contribution is -0.134. The van der Waals surface area contributed by atoms with Gasteiger partial charge in [0, 0.05) is 22.4 Å². The number of nitrogens with zero attached hydrogens (tertiary/aromatic N) is 1. The molecule has 0 fully saturated rings. The van der Waals surface area contributed by atoms with Gasteiger partial charge in [-0.3, -0.25) is 9.59 Å². The molecule has 2 aromatic rings. The number of para-hydroxylation sites is 1. The normalized spacial score (nSPS) is 10.1. The van der Waals surface area contributed by atoms with E-state index in [1.807, 2.05) is 38.1 Å². The summed E-state index contributed by atoms with van der Waals surface area (Å²) in [5.41, 5.74) is 2.35. The van der Waals surface area contributed by atoms with Crippen molar-refractivity contribution in [2.45, 2.75) is 13.8 Å². The first-order chi connectivity index (χ1) is 10.5. The van der Waals surface area contributed by atoms with Gasteiger partial charge in [0.2, 0.25) is 0 Å². The molecular weight excluding hydrogens is 344 g/mol. The molecule has 2 rings (SSSR count). The molecule has 0 saturated carbocycles. The minimum Gasteiger partial charge on any atom is -0.318 e. The zero-order valence-corrected chi connectivity index (χ0v) is 14.1. The van der Waals surface area contributed by atoms with Crippen molar-refractivity contribution in [3.8, 4) is 0 Å². The minimum absolute atomic E-state index is 0.424. The smallest absolute Gasteiger partial charge is 0.316 e. The Morgan fingerprint density at radius 1 is 1.14 bits per heavy atom. The molecule has 0 aliphatic carbocycles. The van der Waals surface area contributed by atoms with Crippen LogP contribution in [-0.4, -0.2) is 18.4 Å². The molecule has 0 aliphatic rings. The summed E-state index contributed by atoms with van der Waals surface area (Å²) in [5.74, 6) is -1.23. The number of amides is 2. The molecule has 22 heavy (non-hydrogen) atoms. The second-order valence-corrected chi connectivity index (χ2v) is 5.66. The molecule has 2 amide bonds. The van der Waals surface area contributed by atoms with Gasteiger partial charge in [-0.05, 0) is 43.7 Å². The predicted molar refractivity (Wildman–Crippen MR) is 92.0 cm³/mol. The van der Waals surface area contributed by atoms with Gasteiger partial charge >= 0.3 is 11.8 Å². The maximum atomic E-state index is 12.3. The molecule has 0 atom stereocenters. The molecule has 0 bridgehead atoms. The van der Waals surface area contributed by atoms with Crippen LogP contribution in [0.4, 0.5) is 11.4 Å². The van der Waals surface area contributed by atoms with Crippen LogP contribution < -0.4 is 10.2 Å². The summed E-state index contributed by atoms with van der Waals surface area (Å²) in [7, 11) is 0. The third kappa shape index (κ3) is 3.74. The van der Waals surface area contributed by atoms with Gasteiger partial charge < -0.3 is 10.2 Å². The van der Waals surface area contributed by atoms with Crippen molar-refractivity contribution in [3.05, 3.63) is 58.6 Å². The van der Waals surface area contributed by atoms with Crippen molar-refractivity contribution in [3.63, 3.8) is 0 Å². The van der Waals surface area contributed by atoms with Gasteiger partial charge in [-0.1, -0.05) is 40.2 Å². The number of halogens is 1. The molecule has 0 radical (unpaired) electrons. The SMILES string of the molecule is CCN(C(=O)C(=O)Nc1ccc(C)c(Br)c1)c1ccccc1. The topological polar surface area (TPSA) is 49.4 Å². The van der Waals surface area contributed by atoms with Gasteiger partial charge in [0.25, 0.3) is 0 Å². The lowest BCUT2D eigenvalue weighted by atomic mass is 10.2. The number of rotatable bonds is 3. The molecule has 1 N–H and O–H groups in total. The van der Waals surface area contributed by atoms with Crippen LogP contribution in [0, 0.1) is 6.92 Å². The Morgan fingerprint density at radius 2 is 1.82 bits per heavy atom. The van der Waals surface area contributed by atoms with Crippen LogP contribution in [0.1, 0.15) is 12.5 Å². The molecule has 5 heteroatoms. The van der Waals surface area contributed by atoms with E-state index in [4.69, 9.17) is 0 Å². The number of carbonyl (C=O) groups is 2. The second-order valence-electron chi connectivity index (χ2n) is 4.80. The zero-order chi connectivity index (χ0) is 16.1. The monoisotopic (exact) mass is 360 g/mol. The highest BCUT2D eigenvalue weighted by atomic mass is 79.9. The fourth-order valence-corrected chi connectivity index (χ4v) is 2.41. The van der Waals surface area contributed by atoms with E-state index >= 15 is 0 Å². The number of hydrogen-bond donors (Lipinski definition) is 1. The van der Waals surface area contributed by atoms with Crippen LogP contribution in [-0.2, 0) is 9.59 Å². The van der Waals surface area contributed by atoms with Crippen molar-refractivity contribution in [2.75, 3.05) is 16.8 Å². The van der Waals surface area contributed by atoms with Crippen molar-refractivity contribution in [1.29, 1.82) is 0 Å². The number of hydrogen-bond acceptors (Lipinski definition) is 2. The average molecular weight is 361 g/mol. The maximum Gasteiger partial charge on any atom is 0.316 e. The second kappa shape index (κ2) is 7.22. The van der Waals surface area contributed by atoms with Gasteiger partial charge in [0.05, 0.1) is 0 Å². The molecule has 0 unspecified atom stereocenters. The van der Waals surface area contributed by atoms with Crippen LogP contribution in [0.5, 0.6) is 0 Å². The Bertz CT molecular complexity index is 686. The van der Waals surface area contributed by atoms with Gasteiger partial charge in [-0.15, -0.1) is 0 Å². The van der Waals surface area contributed by atoms with Crippen molar-refractivity contribution in [1.82, 2.24) is 0 Å². The van der Waals surface area contributed by atoms with E-state index in [-0.39, 0.29) is 0 Å². The molecule has 0 saturated heterocycles. The van der Waals surface area contributed by atoms with Crippen LogP contribution >= 0.6 is 15.9 Å². The molecular formula is C17H17BrN2O2. The molecule has 4 nitrogen and oxygen atoms in total. The third-order valence-corrected chi connectivity index (χ3v) is 4.11. The molecule has 2 aromatic carbocycles. The number of benzene rings is 2. The van der Waals surface area contributed by atoms with E-state index in [2.05, 4.69) is 21.2 Å². The van der Waals surface area contributed by atoms with E-state index in [1.165, 1.54) is 4.90 Å². The fraction of sp³-hybridized carbons (Fsp3) is 0.176. The summed E-state index contributed by atoms with van der Waals surface area (Å²) in [4.78, 5) is 25.9. The first-order valence-electron chi connectivity index (χ1n) is 6.97. The number of carbonyl (C=O) groups excluding carboxylic acids is 2. The zero-order valence-electron chi connectivity index (χ0n) is 12.5. The summed E-state index contributed by atoms with van der Waals surface area (Å²) in [6.07, 6.45) is 0. The van der Waals surface area contributed by atoms with E-state index in [0.717, 1.165) is 10.0 Å². The Kier molecular flexibility index (Phi) is 5.33. The Balaban J connectivity index is 2.14. The summed E-state index contributed by atoms with van der Waals surface area (Å²) in [5, 5.41) is 2.63. The number of nitrogens with one attached hydrogen (secondary N) is 1. The van der Waals surface area contributed by atoms with Crippen molar-refractivity contribution < 1.29 is 9.59 Å². The van der Waals surface area contributed by atoms with Crippen LogP contribution in [0.3, 0.4) is 0 Å². The van der Waals surface area contributed by atoms with Gasteiger partial charge in [0.1, 0.15) is 0 Å². The minimum atomic E-state index is -0.651. The third-order valence-electron chi connectivity index (χ3n) is 3.25. The molecule has 0 aliphatic heterocycles. The fourth-order valence-electron chi connectivity index (χ4n) is 2.03. The van der Waals surface area contributed by atoms with Crippen molar-refractivity contribution >= 4 is 39.1 Å². The summed E-state index contributed by atoms with van der Waals surface area (Å²) in [6.45, 7) is 4.21.